The van der Waals surface area contributed by atoms with Gasteiger partial charge in [0.15, 0.2) is 0 Å². The summed E-state index contributed by atoms with van der Waals surface area (Å²) in [6.07, 6.45) is 3.35. The number of nitrogens with one attached hydrogen (secondary N) is 1. The molecule has 0 atom stereocenters. The van der Waals surface area contributed by atoms with Crippen LogP contribution < -0.4 is 0 Å². The summed E-state index contributed by atoms with van der Waals surface area (Å²) in [4.78, 5) is 21.1. The van der Waals surface area contributed by atoms with Crippen LogP contribution in [0.1, 0.15) is 27.6 Å². The first-order valence-corrected chi connectivity index (χ1v) is 5.73. The molecule has 96 valence electrons. The Balaban J connectivity index is 2.12. The van der Waals surface area contributed by atoms with Crippen LogP contribution in [0.2, 0.25) is 0 Å². The fourth-order valence-electron chi connectivity index (χ4n) is 1.76. The van der Waals surface area contributed by atoms with Gasteiger partial charge in [-0.1, -0.05) is 0 Å². The van der Waals surface area contributed by atoms with Crippen LogP contribution in [-0.4, -0.2) is 37.6 Å². The number of aryl methyl sites for hydroxylation is 2. The molecule has 1 N–H and O–H groups in total. The molecule has 0 fully saturated rings. The number of H-pyrrole nitrogens is 1. The molecule has 1 amide bonds. The minimum Gasteiger partial charge on any atom is -0.345 e. The number of aromatic nitrogens is 4. The van der Waals surface area contributed by atoms with Crippen molar-refractivity contribution >= 4 is 5.91 Å². The number of carbonyl (C=O) groups is 1. The van der Waals surface area contributed by atoms with Crippen LogP contribution in [0.3, 0.4) is 0 Å². The van der Waals surface area contributed by atoms with Crippen molar-refractivity contribution in [2.24, 2.45) is 7.05 Å². The Bertz CT molecular complexity index is 569. The summed E-state index contributed by atoms with van der Waals surface area (Å²) in [7, 11) is 3.58. The largest absolute Gasteiger partial charge is 0.345 e. The molecule has 2 aromatic heterocycles. The van der Waals surface area contributed by atoms with E-state index in [1.807, 2.05) is 20.9 Å². The van der Waals surface area contributed by atoms with Crippen LogP contribution in [0.25, 0.3) is 0 Å². The monoisotopic (exact) mass is 247 g/mol. The molecule has 0 aliphatic heterocycles. The van der Waals surface area contributed by atoms with Crippen LogP contribution in [0.15, 0.2) is 12.4 Å². The Morgan fingerprint density at radius 3 is 2.67 bits per heavy atom. The highest BCUT2D eigenvalue weighted by Crippen LogP contribution is 2.10. The highest BCUT2D eigenvalue weighted by atomic mass is 16.2. The third kappa shape index (κ3) is 2.27. The van der Waals surface area contributed by atoms with Crippen LogP contribution >= 0.6 is 0 Å². The van der Waals surface area contributed by atoms with Crippen molar-refractivity contribution in [2.45, 2.75) is 20.4 Å². The molecule has 2 rings (SSSR count). The summed E-state index contributed by atoms with van der Waals surface area (Å²) >= 11 is 0. The van der Waals surface area contributed by atoms with E-state index in [0.29, 0.717) is 12.1 Å². The van der Waals surface area contributed by atoms with Crippen LogP contribution in [0.4, 0.5) is 0 Å². The molecular formula is C12H17N5O. The second-order valence-electron chi connectivity index (χ2n) is 4.44. The zero-order chi connectivity index (χ0) is 13.3. The predicted octanol–water partition coefficient (Wildman–Crippen LogP) is 1.03. The van der Waals surface area contributed by atoms with E-state index in [-0.39, 0.29) is 5.91 Å². The van der Waals surface area contributed by atoms with Gasteiger partial charge < -0.3 is 9.88 Å². The van der Waals surface area contributed by atoms with E-state index in [4.69, 9.17) is 0 Å². The summed E-state index contributed by atoms with van der Waals surface area (Å²) < 4.78 is 1.69. The number of hydrogen-bond acceptors (Lipinski definition) is 3. The lowest BCUT2D eigenvalue weighted by molar-refractivity contribution is 0.0781. The Morgan fingerprint density at radius 2 is 2.17 bits per heavy atom. The van der Waals surface area contributed by atoms with Crippen molar-refractivity contribution in [2.75, 3.05) is 7.05 Å². The smallest absolute Gasteiger partial charge is 0.257 e. The average molecular weight is 247 g/mol. The lowest BCUT2D eigenvalue weighted by Crippen LogP contribution is -2.27. The third-order valence-electron chi connectivity index (χ3n) is 2.95. The van der Waals surface area contributed by atoms with Crippen molar-refractivity contribution in [1.29, 1.82) is 0 Å². The van der Waals surface area contributed by atoms with Crippen molar-refractivity contribution < 1.29 is 4.79 Å². The van der Waals surface area contributed by atoms with Crippen molar-refractivity contribution in [1.82, 2.24) is 24.6 Å². The van der Waals surface area contributed by atoms with Gasteiger partial charge >= 0.3 is 0 Å². The first kappa shape index (κ1) is 12.3. The van der Waals surface area contributed by atoms with Gasteiger partial charge in [0.05, 0.1) is 18.3 Å². The van der Waals surface area contributed by atoms with Gasteiger partial charge in [-0.2, -0.15) is 5.10 Å². The van der Waals surface area contributed by atoms with Gasteiger partial charge in [0.1, 0.15) is 5.82 Å². The molecule has 0 spiro atoms. The molecule has 0 saturated carbocycles. The quantitative estimate of drug-likeness (QED) is 0.881. The third-order valence-corrected chi connectivity index (χ3v) is 2.95. The number of carbonyl (C=O) groups excluding carboxylic acids is 1. The van der Waals surface area contributed by atoms with Gasteiger partial charge in [-0.05, 0) is 13.8 Å². The summed E-state index contributed by atoms with van der Waals surface area (Å²) in [5.74, 6) is 0.736. The zero-order valence-electron chi connectivity index (χ0n) is 11.1. The average Bonchev–Trinajstić information content (AvgIpc) is 2.87. The summed E-state index contributed by atoms with van der Waals surface area (Å²) in [5, 5.41) is 4.08. The minimum absolute atomic E-state index is 0.0466. The van der Waals surface area contributed by atoms with Crippen molar-refractivity contribution in [3.63, 3.8) is 0 Å². The molecule has 0 unspecified atom stereocenters. The number of aromatic amines is 1. The molecule has 2 aromatic rings. The van der Waals surface area contributed by atoms with E-state index in [0.717, 1.165) is 17.2 Å². The normalized spacial score (nSPS) is 10.7. The first-order valence-electron chi connectivity index (χ1n) is 5.73. The lowest BCUT2D eigenvalue weighted by atomic mass is 10.2. The molecule has 0 aromatic carbocycles. The molecular weight excluding hydrogens is 230 g/mol. The van der Waals surface area contributed by atoms with Crippen molar-refractivity contribution in [3.8, 4) is 0 Å². The molecule has 6 heteroatoms. The Morgan fingerprint density at radius 1 is 1.44 bits per heavy atom. The van der Waals surface area contributed by atoms with Crippen molar-refractivity contribution in [3.05, 3.63) is 35.2 Å². The van der Waals surface area contributed by atoms with Gasteiger partial charge in [0.2, 0.25) is 0 Å². The molecule has 2 heterocycles. The standard InChI is InChI=1S/C12H17N5O/c1-8-5-13-11(15-8)7-16(3)12(18)10-6-14-17(4)9(10)2/h5-6H,7H2,1-4H3,(H,13,15). The summed E-state index contributed by atoms with van der Waals surface area (Å²) in [6.45, 7) is 4.27. The van der Waals surface area contributed by atoms with E-state index in [1.165, 1.54) is 0 Å². The Labute approximate surface area is 106 Å². The van der Waals surface area contributed by atoms with Crippen LogP contribution in [-0.2, 0) is 13.6 Å². The second-order valence-corrected chi connectivity index (χ2v) is 4.44. The summed E-state index contributed by atoms with van der Waals surface area (Å²) in [5.41, 5.74) is 2.48. The van der Waals surface area contributed by atoms with E-state index in [2.05, 4.69) is 15.1 Å². The fourth-order valence-corrected chi connectivity index (χ4v) is 1.76. The van der Waals surface area contributed by atoms with E-state index >= 15 is 0 Å². The number of imidazole rings is 1. The topological polar surface area (TPSA) is 66.8 Å². The molecule has 0 aliphatic rings. The fraction of sp³-hybridized carbons (Fsp3) is 0.417. The van der Waals surface area contributed by atoms with E-state index in [9.17, 15) is 4.79 Å². The van der Waals surface area contributed by atoms with Crippen LogP contribution in [0, 0.1) is 13.8 Å². The number of nitrogens with zero attached hydrogens (tertiary/aromatic N) is 4. The Hall–Kier alpha value is -2.11. The van der Waals surface area contributed by atoms with E-state index < -0.39 is 0 Å². The van der Waals surface area contributed by atoms with E-state index in [1.54, 1.807) is 29.0 Å². The first-order chi connectivity index (χ1) is 8.49. The molecule has 0 aliphatic carbocycles. The minimum atomic E-state index is -0.0466. The molecule has 0 radical (unpaired) electrons. The second kappa shape index (κ2) is 4.64. The number of hydrogen-bond donors (Lipinski definition) is 1. The van der Waals surface area contributed by atoms with Gasteiger partial charge in [0, 0.05) is 31.7 Å². The molecule has 0 saturated heterocycles. The lowest BCUT2D eigenvalue weighted by Gasteiger charge is -2.15. The summed E-state index contributed by atoms with van der Waals surface area (Å²) in [6, 6.07) is 0. The SMILES string of the molecule is Cc1cnc(CN(C)C(=O)c2cnn(C)c2C)[nH]1. The highest BCUT2D eigenvalue weighted by molar-refractivity contribution is 5.94. The maximum Gasteiger partial charge on any atom is 0.257 e. The predicted molar refractivity (Wildman–Crippen MR) is 67.1 cm³/mol. The maximum atomic E-state index is 12.2. The Kier molecular flexibility index (Phi) is 3.18. The molecule has 6 nitrogen and oxygen atoms in total. The van der Waals surface area contributed by atoms with Crippen LogP contribution in [0.5, 0.6) is 0 Å². The molecule has 0 bridgehead atoms. The number of amides is 1. The zero-order valence-corrected chi connectivity index (χ0v) is 11.1. The van der Waals surface area contributed by atoms with Gasteiger partial charge in [-0.3, -0.25) is 9.48 Å². The maximum absolute atomic E-state index is 12.2. The van der Waals surface area contributed by atoms with Gasteiger partial charge in [-0.15, -0.1) is 0 Å². The molecule has 18 heavy (non-hydrogen) atoms. The van der Waals surface area contributed by atoms with Gasteiger partial charge in [0.25, 0.3) is 5.91 Å². The number of rotatable bonds is 3. The highest BCUT2D eigenvalue weighted by Gasteiger charge is 2.17. The van der Waals surface area contributed by atoms with Gasteiger partial charge in [-0.25, -0.2) is 4.98 Å².